The van der Waals surface area contributed by atoms with Crippen LogP contribution in [-0.4, -0.2) is 63.9 Å². The first kappa shape index (κ1) is 14.4. The Morgan fingerprint density at radius 3 is 2.77 bits per heavy atom. The van der Waals surface area contributed by atoms with Gasteiger partial charge < -0.3 is 15.5 Å². The van der Waals surface area contributed by atoms with Gasteiger partial charge >= 0.3 is 6.03 Å². The molecule has 2 bridgehead atoms. The van der Waals surface area contributed by atoms with E-state index in [1.54, 1.807) is 0 Å². The minimum atomic E-state index is -0.543. The summed E-state index contributed by atoms with van der Waals surface area (Å²) >= 11 is -0.543. The van der Waals surface area contributed by atoms with Crippen molar-refractivity contribution in [2.75, 3.05) is 19.6 Å². The van der Waals surface area contributed by atoms with Gasteiger partial charge in [-0.1, -0.05) is 0 Å². The van der Waals surface area contributed by atoms with Crippen molar-refractivity contribution in [2.24, 2.45) is 5.41 Å². The molecule has 4 fully saturated rings. The zero-order valence-electron chi connectivity index (χ0n) is 12.2. The third-order valence-corrected chi connectivity index (χ3v) is 5.69. The maximum atomic E-state index is 12.5. The Morgan fingerprint density at radius 1 is 1.36 bits per heavy atom. The van der Waals surface area contributed by atoms with Gasteiger partial charge in [0.25, 0.3) is 0 Å². The smallest absolute Gasteiger partial charge is 0.346 e. The van der Waals surface area contributed by atoms with Gasteiger partial charge in [0.2, 0.25) is 5.91 Å². The molecule has 2 N–H and O–H groups in total. The Morgan fingerprint density at radius 2 is 2.14 bits per heavy atom. The standard InChI is InChI=1S/C13H20N4O4S/c18-11(15-8-3-13(4-8)6-14-7-13)10-2-1-9-5-16(10)12(19)17(9)21-22-20/h8-10,14,22H,1-7H2,(H,15,18)/t9-,10-/m1/s1. The molecule has 3 heterocycles. The van der Waals surface area contributed by atoms with Crippen molar-refractivity contribution in [3.8, 4) is 0 Å². The zero-order valence-corrected chi connectivity index (χ0v) is 13.1. The number of piperidine rings is 1. The fraction of sp³-hybridized carbons (Fsp3) is 0.846. The van der Waals surface area contributed by atoms with E-state index < -0.39 is 18.0 Å². The van der Waals surface area contributed by atoms with Crippen LogP contribution >= 0.6 is 0 Å². The van der Waals surface area contributed by atoms with Crippen LogP contribution in [0.2, 0.25) is 0 Å². The summed E-state index contributed by atoms with van der Waals surface area (Å²) in [5.74, 6) is -0.0690. The molecule has 3 saturated heterocycles. The molecule has 8 nitrogen and oxygen atoms in total. The molecule has 22 heavy (non-hydrogen) atoms. The first-order valence-corrected chi connectivity index (χ1v) is 8.46. The van der Waals surface area contributed by atoms with Crippen LogP contribution < -0.4 is 10.6 Å². The minimum absolute atomic E-state index is 0.0690. The highest BCUT2D eigenvalue weighted by atomic mass is 32.2. The van der Waals surface area contributed by atoms with Crippen molar-refractivity contribution in [2.45, 2.75) is 43.8 Å². The number of rotatable bonds is 4. The number of hydrogen-bond donors (Lipinski definition) is 3. The third-order valence-electron chi connectivity index (χ3n) is 5.45. The van der Waals surface area contributed by atoms with Crippen LogP contribution in [0.25, 0.3) is 0 Å². The molecule has 1 aliphatic carbocycles. The fourth-order valence-electron chi connectivity index (χ4n) is 4.20. The van der Waals surface area contributed by atoms with Crippen molar-refractivity contribution in [1.82, 2.24) is 20.6 Å². The maximum Gasteiger partial charge on any atom is 0.346 e. The molecule has 0 aromatic heterocycles. The first-order chi connectivity index (χ1) is 10.6. The van der Waals surface area contributed by atoms with Crippen LogP contribution in [0, 0.1) is 5.41 Å². The number of hydroxylamine groups is 2. The molecule has 122 valence electrons. The molecule has 0 radical (unpaired) electrons. The maximum absolute atomic E-state index is 12.5. The zero-order chi connectivity index (χ0) is 15.3. The Kier molecular flexibility index (Phi) is 3.39. The van der Waals surface area contributed by atoms with Gasteiger partial charge in [-0.3, -0.25) is 4.79 Å². The topological polar surface area (TPSA) is 91.0 Å². The highest BCUT2D eigenvalue weighted by Crippen LogP contribution is 2.44. The second-order valence-corrected chi connectivity index (χ2v) is 7.19. The average Bonchev–Trinajstić information content (AvgIpc) is 2.66. The van der Waals surface area contributed by atoms with Crippen molar-refractivity contribution < 1.29 is 18.1 Å². The number of carbonyl (C=O) groups is 2. The second kappa shape index (κ2) is 5.17. The molecule has 1 spiro atoms. The summed E-state index contributed by atoms with van der Waals surface area (Å²) in [5.41, 5.74) is 0.414. The lowest BCUT2D eigenvalue weighted by atomic mass is 9.61. The molecule has 0 unspecified atom stereocenters. The van der Waals surface area contributed by atoms with Crippen molar-refractivity contribution >= 4 is 23.9 Å². The molecule has 2 atom stereocenters. The average molecular weight is 328 g/mol. The lowest BCUT2D eigenvalue weighted by molar-refractivity contribution is -0.129. The van der Waals surface area contributed by atoms with E-state index in [-0.39, 0.29) is 24.0 Å². The lowest BCUT2D eigenvalue weighted by Crippen LogP contribution is -2.66. The summed E-state index contributed by atoms with van der Waals surface area (Å²) in [5, 5.41) is 7.49. The van der Waals surface area contributed by atoms with E-state index in [1.807, 2.05) is 0 Å². The molecule has 9 heteroatoms. The summed E-state index contributed by atoms with van der Waals surface area (Å²) in [4.78, 5) is 26.2. The minimum Gasteiger partial charge on any atom is -0.352 e. The van der Waals surface area contributed by atoms with Crippen molar-refractivity contribution in [3.05, 3.63) is 0 Å². The van der Waals surface area contributed by atoms with Gasteiger partial charge in [-0.25, -0.2) is 9.00 Å². The van der Waals surface area contributed by atoms with E-state index in [0.717, 1.165) is 31.0 Å². The molecule has 3 amide bonds. The Balaban J connectivity index is 1.36. The van der Waals surface area contributed by atoms with Crippen LogP contribution in [-0.2, 0) is 21.0 Å². The van der Waals surface area contributed by atoms with Crippen molar-refractivity contribution in [1.29, 1.82) is 0 Å². The van der Waals surface area contributed by atoms with E-state index in [0.29, 0.717) is 24.8 Å². The number of amides is 3. The molecule has 0 aromatic rings. The summed E-state index contributed by atoms with van der Waals surface area (Å²) in [6, 6.07) is -0.667. The Labute approximate surface area is 132 Å². The quantitative estimate of drug-likeness (QED) is 0.571. The number of hydrogen-bond acceptors (Lipinski definition) is 5. The Hall–Kier alpha value is -1.19. The SMILES string of the molecule is O=[SH]ON1C(=O)N2C[C@H]1CC[C@@H]2C(=O)NC1CC2(CNC2)C1. The van der Waals surface area contributed by atoms with Gasteiger partial charge in [-0.05, 0) is 31.1 Å². The van der Waals surface area contributed by atoms with Crippen LogP contribution in [0.4, 0.5) is 4.79 Å². The van der Waals surface area contributed by atoms with Gasteiger partial charge in [0.1, 0.15) is 6.04 Å². The number of carbonyl (C=O) groups excluding carboxylic acids is 2. The van der Waals surface area contributed by atoms with E-state index in [1.165, 1.54) is 4.90 Å². The van der Waals surface area contributed by atoms with Crippen LogP contribution in [0.15, 0.2) is 0 Å². The molecule has 1 saturated carbocycles. The third kappa shape index (κ3) is 2.14. The highest BCUT2D eigenvalue weighted by Gasteiger charge is 2.51. The van der Waals surface area contributed by atoms with Crippen LogP contribution in [0.1, 0.15) is 25.7 Å². The number of thiol groups is 1. The predicted octanol–water partition coefficient (Wildman–Crippen LogP) is -1.08. The number of urea groups is 1. The second-order valence-electron chi connectivity index (χ2n) is 6.88. The lowest BCUT2D eigenvalue weighted by Gasteiger charge is -2.54. The fourth-order valence-corrected chi connectivity index (χ4v) is 4.47. The first-order valence-electron chi connectivity index (χ1n) is 7.73. The summed E-state index contributed by atoms with van der Waals surface area (Å²) < 4.78 is 15.4. The van der Waals surface area contributed by atoms with Crippen LogP contribution in [0.3, 0.4) is 0 Å². The summed E-state index contributed by atoms with van der Waals surface area (Å²) in [7, 11) is 0. The molecular weight excluding hydrogens is 308 g/mol. The monoisotopic (exact) mass is 328 g/mol. The highest BCUT2D eigenvalue weighted by molar-refractivity contribution is 7.60. The summed E-state index contributed by atoms with van der Waals surface area (Å²) in [6.45, 7) is 2.57. The molecule has 4 aliphatic rings. The summed E-state index contributed by atoms with van der Waals surface area (Å²) in [6.07, 6.45) is 3.37. The molecular formula is C13H20N4O4S. The van der Waals surface area contributed by atoms with Gasteiger partial charge in [-0.15, -0.1) is 0 Å². The van der Waals surface area contributed by atoms with Gasteiger partial charge in [-0.2, -0.15) is 9.35 Å². The van der Waals surface area contributed by atoms with E-state index >= 15 is 0 Å². The van der Waals surface area contributed by atoms with Gasteiger partial charge in [0.05, 0.1) is 6.04 Å². The normalized spacial score (nSPS) is 32.8. The molecule has 0 aromatic carbocycles. The number of fused-ring (bicyclic) bond motifs is 2. The Bertz CT molecular complexity index is 518. The number of nitrogens with one attached hydrogen (secondary N) is 2. The largest absolute Gasteiger partial charge is 0.352 e. The van der Waals surface area contributed by atoms with Gasteiger partial charge in [0, 0.05) is 25.7 Å². The molecule has 3 aliphatic heterocycles. The van der Waals surface area contributed by atoms with Crippen LogP contribution in [0.5, 0.6) is 0 Å². The van der Waals surface area contributed by atoms with E-state index in [4.69, 9.17) is 4.28 Å². The van der Waals surface area contributed by atoms with Gasteiger partial charge in [0.15, 0.2) is 11.9 Å². The van der Waals surface area contributed by atoms with E-state index in [9.17, 15) is 13.8 Å². The van der Waals surface area contributed by atoms with Crippen molar-refractivity contribution in [3.63, 3.8) is 0 Å². The van der Waals surface area contributed by atoms with E-state index in [2.05, 4.69) is 10.6 Å². The predicted molar refractivity (Wildman–Crippen MR) is 77.8 cm³/mol. The number of nitrogens with zero attached hydrogens (tertiary/aromatic N) is 2. The molecule has 4 rings (SSSR count).